The molecule has 1 fully saturated rings. The zero-order valence-electron chi connectivity index (χ0n) is 35.1. The molecule has 62 heavy (non-hydrogen) atoms. The summed E-state index contributed by atoms with van der Waals surface area (Å²) < 4.78 is 5.28. The summed E-state index contributed by atoms with van der Waals surface area (Å²) in [6.07, 6.45) is 5.23. The second kappa shape index (κ2) is 17.0. The molecule has 1 saturated heterocycles. The lowest BCUT2D eigenvalue weighted by Crippen LogP contribution is -2.28. The van der Waals surface area contributed by atoms with Gasteiger partial charge in [-0.2, -0.15) is 0 Å². The number of imide groups is 1. The van der Waals surface area contributed by atoms with Crippen LogP contribution in [0.25, 0.3) is 33.6 Å². The van der Waals surface area contributed by atoms with Crippen LogP contribution in [0.15, 0.2) is 114 Å². The summed E-state index contributed by atoms with van der Waals surface area (Å²) >= 11 is 0.973. The normalized spacial score (nSPS) is 12.6. The molecule has 13 nitrogen and oxygen atoms in total. The quantitative estimate of drug-likeness (QED) is 0.132. The minimum Gasteiger partial charge on any atom is -0.313 e. The van der Waals surface area contributed by atoms with Crippen LogP contribution >= 0.6 is 11.8 Å². The predicted octanol–water partition coefficient (Wildman–Crippen LogP) is 8.30. The van der Waals surface area contributed by atoms with E-state index in [9.17, 15) is 24.0 Å². The van der Waals surface area contributed by atoms with Crippen molar-refractivity contribution < 1.29 is 19.2 Å². The minimum atomic E-state index is -0.375. The van der Waals surface area contributed by atoms with E-state index in [1.807, 2.05) is 67.4 Å². The molecule has 1 aliphatic rings. The zero-order chi connectivity index (χ0) is 43.8. The van der Waals surface area contributed by atoms with Crippen molar-refractivity contribution in [2.75, 3.05) is 16.4 Å². The van der Waals surface area contributed by atoms with Gasteiger partial charge in [0.05, 0.1) is 42.6 Å². The van der Waals surface area contributed by atoms with Crippen molar-refractivity contribution in [3.8, 4) is 33.6 Å². The minimum absolute atomic E-state index is 0.104. The number of benzene rings is 4. The predicted molar refractivity (Wildman–Crippen MR) is 242 cm³/mol. The molecular weight excluding hydrogens is 801 g/mol. The van der Waals surface area contributed by atoms with Gasteiger partial charge >= 0.3 is 0 Å². The van der Waals surface area contributed by atoms with E-state index < -0.39 is 0 Å². The Bertz CT molecular complexity index is 3000. The van der Waals surface area contributed by atoms with Gasteiger partial charge in [-0.15, -0.1) is 0 Å². The number of hydrogen-bond acceptors (Lipinski definition) is 8. The number of thioether (sulfide) groups is 1. The van der Waals surface area contributed by atoms with Crippen molar-refractivity contribution in [2.45, 2.75) is 40.8 Å². The van der Waals surface area contributed by atoms with Crippen LogP contribution < -0.4 is 16.2 Å². The number of pyridine rings is 1. The van der Waals surface area contributed by atoms with Gasteiger partial charge in [0.2, 0.25) is 17.8 Å². The van der Waals surface area contributed by atoms with Crippen LogP contribution in [-0.2, 0) is 32.0 Å². The molecule has 0 radical (unpaired) electrons. The number of nitrogens with zero attached hydrogens (tertiary/aromatic N) is 6. The summed E-state index contributed by atoms with van der Waals surface area (Å²) in [5.41, 5.74) is 11.7. The maximum absolute atomic E-state index is 13.5. The van der Waals surface area contributed by atoms with Gasteiger partial charge in [0.25, 0.3) is 22.6 Å². The molecule has 14 heteroatoms. The molecule has 7 aromatic rings. The van der Waals surface area contributed by atoms with Crippen LogP contribution in [0.5, 0.6) is 0 Å². The van der Waals surface area contributed by atoms with Gasteiger partial charge in [0.1, 0.15) is 0 Å². The zero-order valence-corrected chi connectivity index (χ0v) is 36.0. The lowest BCUT2D eigenvalue weighted by atomic mass is 9.94. The molecule has 4 aromatic carbocycles. The topological polar surface area (TPSA) is 153 Å². The second-order valence-corrected chi connectivity index (χ2v) is 16.5. The Balaban J connectivity index is 0.936. The highest BCUT2D eigenvalue weighted by atomic mass is 32.2. The molecule has 0 aliphatic carbocycles. The van der Waals surface area contributed by atoms with E-state index in [2.05, 4.69) is 46.6 Å². The Hall–Kier alpha value is -7.32. The molecule has 2 N–H and O–H groups in total. The van der Waals surface area contributed by atoms with E-state index >= 15 is 0 Å². The first-order valence-corrected chi connectivity index (χ1v) is 20.9. The molecule has 3 aromatic heterocycles. The van der Waals surface area contributed by atoms with E-state index in [0.717, 1.165) is 62.1 Å². The fourth-order valence-electron chi connectivity index (χ4n) is 7.56. The van der Waals surface area contributed by atoms with Crippen molar-refractivity contribution in [3.63, 3.8) is 0 Å². The number of aromatic nitrogens is 5. The summed E-state index contributed by atoms with van der Waals surface area (Å²) in [7, 11) is 3.69. The average molecular weight is 845 g/mol. The first-order valence-electron chi connectivity index (χ1n) is 20.0. The van der Waals surface area contributed by atoms with E-state index in [0.29, 0.717) is 28.6 Å². The van der Waals surface area contributed by atoms with Crippen LogP contribution in [0.4, 0.5) is 16.7 Å². The fraction of sp³-hybridized carbons (Fsp3) is 0.188. The monoisotopic (exact) mass is 844 g/mol. The third-order valence-corrected chi connectivity index (χ3v) is 12.2. The smallest absolute Gasteiger partial charge is 0.289 e. The number of nitrogens with one attached hydrogen (secondary N) is 2. The maximum atomic E-state index is 13.5. The molecular formula is C48H44N8O5S. The maximum Gasteiger partial charge on any atom is 0.289 e. The molecule has 0 spiro atoms. The standard InChI is InChI=1S/C48H44N8O5S/c1-28-13-14-35(17-29(28)2)40-23-49-46(53(40)5)51-44(59)36-11-7-9-32(20-36)25-55-16-15-34(22-42(55)57)38-18-31(4)39(19-30(38)3)41-24-50-47(54(41)6)52-45(60)37-12-8-10-33(21-37)26-56-43(58)27-62-48(56)61/h7-24H,25-27H2,1-6H3,(H,49,51,59)(H,50,52,60). The number of carbonyl (C=O) groups is 4. The molecule has 0 unspecified atom stereocenters. The molecule has 0 bridgehead atoms. The second-order valence-electron chi connectivity index (χ2n) is 15.6. The van der Waals surface area contributed by atoms with Crippen LogP contribution in [0.3, 0.4) is 0 Å². The molecule has 4 heterocycles. The third kappa shape index (κ3) is 8.37. The van der Waals surface area contributed by atoms with Gasteiger partial charge in [0.15, 0.2) is 0 Å². The Morgan fingerprint density at radius 2 is 1.23 bits per heavy atom. The van der Waals surface area contributed by atoms with Gasteiger partial charge < -0.3 is 13.7 Å². The van der Waals surface area contributed by atoms with Gasteiger partial charge in [0, 0.05) is 48.6 Å². The lowest BCUT2D eigenvalue weighted by molar-refractivity contribution is -0.125. The number of hydrogen-bond donors (Lipinski definition) is 2. The highest BCUT2D eigenvalue weighted by Gasteiger charge is 2.30. The van der Waals surface area contributed by atoms with Gasteiger partial charge in [-0.05, 0) is 115 Å². The van der Waals surface area contributed by atoms with Crippen molar-refractivity contribution in [2.24, 2.45) is 14.1 Å². The SMILES string of the molecule is Cc1ccc(-c2cnc(NC(=O)c3cccc(Cn4ccc(-c5cc(C)c(-c6cnc(NC(=O)c7cccc(CN8C(=O)CSC8=O)c7)n6C)cc5C)cc4=O)c3)n2C)cc1C. The Morgan fingerprint density at radius 3 is 1.84 bits per heavy atom. The van der Waals surface area contributed by atoms with Gasteiger partial charge in [-0.25, -0.2) is 9.97 Å². The number of imidazole rings is 2. The molecule has 0 atom stereocenters. The Morgan fingerprint density at radius 1 is 0.629 bits per heavy atom. The number of anilines is 2. The average Bonchev–Trinajstić information content (AvgIpc) is 3.91. The summed E-state index contributed by atoms with van der Waals surface area (Å²) in [5, 5.41) is 5.52. The first-order chi connectivity index (χ1) is 29.7. The summed E-state index contributed by atoms with van der Waals surface area (Å²) in [6.45, 7) is 8.50. The van der Waals surface area contributed by atoms with E-state index in [1.54, 1.807) is 71.7 Å². The Kier molecular flexibility index (Phi) is 11.3. The highest BCUT2D eigenvalue weighted by Crippen LogP contribution is 2.33. The van der Waals surface area contributed by atoms with Crippen LogP contribution in [0.2, 0.25) is 0 Å². The Labute approximate surface area is 362 Å². The van der Waals surface area contributed by atoms with Crippen molar-refractivity contribution in [1.29, 1.82) is 0 Å². The van der Waals surface area contributed by atoms with E-state index in [-0.39, 0.29) is 47.4 Å². The van der Waals surface area contributed by atoms with Crippen molar-refractivity contribution in [1.82, 2.24) is 28.6 Å². The summed E-state index contributed by atoms with van der Waals surface area (Å²) in [5.74, 6) is -0.0120. The van der Waals surface area contributed by atoms with E-state index in [1.165, 1.54) is 16.0 Å². The van der Waals surface area contributed by atoms with E-state index in [4.69, 9.17) is 0 Å². The molecule has 8 rings (SSSR count). The number of rotatable bonds is 11. The van der Waals surface area contributed by atoms with Crippen LogP contribution in [0, 0.1) is 27.7 Å². The lowest BCUT2D eigenvalue weighted by Gasteiger charge is -2.15. The molecule has 4 amide bonds. The van der Waals surface area contributed by atoms with Crippen molar-refractivity contribution in [3.05, 3.63) is 164 Å². The summed E-state index contributed by atoms with van der Waals surface area (Å²) in [4.78, 5) is 74.5. The fourth-order valence-corrected chi connectivity index (χ4v) is 8.29. The van der Waals surface area contributed by atoms with Crippen LogP contribution in [0.1, 0.15) is 54.1 Å². The molecule has 0 saturated carbocycles. The number of amides is 4. The summed E-state index contributed by atoms with van der Waals surface area (Å²) in [6, 6.07) is 27.9. The first kappa shape index (κ1) is 41.4. The number of aryl methyl sites for hydroxylation is 4. The third-order valence-electron chi connectivity index (χ3n) is 11.3. The molecule has 1 aliphatic heterocycles. The van der Waals surface area contributed by atoms with Gasteiger partial charge in [-0.3, -0.25) is 39.5 Å². The molecule has 312 valence electrons. The number of carbonyl (C=O) groups excluding carboxylic acids is 4. The van der Waals surface area contributed by atoms with Crippen LogP contribution in [-0.4, -0.2) is 57.3 Å². The van der Waals surface area contributed by atoms with Crippen molar-refractivity contribution >= 4 is 46.6 Å². The van der Waals surface area contributed by atoms with Gasteiger partial charge in [-0.1, -0.05) is 54.2 Å². The largest absolute Gasteiger partial charge is 0.313 e. The highest BCUT2D eigenvalue weighted by molar-refractivity contribution is 8.14.